The van der Waals surface area contributed by atoms with Gasteiger partial charge in [-0.1, -0.05) is 30.2 Å². The summed E-state index contributed by atoms with van der Waals surface area (Å²) in [5.74, 6) is -3.65. The first-order valence-corrected chi connectivity index (χ1v) is 8.00. The fraction of sp³-hybridized carbons (Fsp3) is 0.500. The minimum atomic E-state index is -5.08. The van der Waals surface area contributed by atoms with Crippen molar-refractivity contribution in [3.8, 4) is 0 Å². The number of carboxylic acids is 2. The van der Waals surface area contributed by atoms with Crippen molar-refractivity contribution in [2.24, 2.45) is 5.92 Å². The number of nitrogens with one attached hydrogen (secondary N) is 1. The first-order chi connectivity index (χ1) is 11.6. The SMILES string of the molecule is O=C(O)C(F)(F)F.O=C(O)C1CCCC1NCCc1cccc(Cl)c1. The maximum absolute atomic E-state index is 11.0. The van der Waals surface area contributed by atoms with Gasteiger partial charge in [0.1, 0.15) is 0 Å². The molecule has 3 N–H and O–H groups in total. The third-order valence-electron chi connectivity index (χ3n) is 3.78. The lowest BCUT2D eigenvalue weighted by atomic mass is 10.0. The molecule has 1 aliphatic rings. The molecule has 1 saturated carbocycles. The van der Waals surface area contributed by atoms with Gasteiger partial charge in [-0.05, 0) is 43.5 Å². The predicted molar refractivity (Wildman–Crippen MR) is 85.6 cm³/mol. The molecule has 0 heterocycles. The third kappa shape index (κ3) is 7.74. The summed E-state index contributed by atoms with van der Waals surface area (Å²) in [5.41, 5.74) is 1.18. The van der Waals surface area contributed by atoms with Gasteiger partial charge >= 0.3 is 18.1 Å². The molecule has 2 atom stereocenters. The summed E-state index contributed by atoms with van der Waals surface area (Å²) in [6.07, 6.45) is -1.44. The van der Waals surface area contributed by atoms with Crippen LogP contribution in [0.5, 0.6) is 0 Å². The maximum Gasteiger partial charge on any atom is 0.490 e. The van der Waals surface area contributed by atoms with E-state index < -0.39 is 18.1 Å². The number of benzene rings is 1. The van der Waals surface area contributed by atoms with Crippen molar-refractivity contribution in [2.45, 2.75) is 37.9 Å². The zero-order valence-corrected chi connectivity index (χ0v) is 14.0. The molecule has 0 saturated heterocycles. The van der Waals surface area contributed by atoms with E-state index in [1.165, 1.54) is 5.56 Å². The zero-order chi connectivity index (χ0) is 19.0. The molecule has 2 unspecified atom stereocenters. The van der Waals surface area contributed by atoms with Crippen molar-refractivity contribution in [3.63, 3.8) is 0 Å². The van der Waals surface area contributed by atoms with E-state index in [0.29, 0.717) is 0 Å². The minimum Gasteiger partial charge on any atom is -0.481 e. The van der Waals surface area contributed by atoms with E-state index in [2.05, 4.69) is 5.32 Å². The third-order valence-corrected chi connectivity index (χ3v) is 4.02. The Kier molecular flexibility index (Phi) is 8.18. The lowest BCUT2D eigenvalue weighted by Crippen LogP contribution is -2.37. The Hall–Kier alpha value is -1.80. The van der Waals surface area contributed by atoms with Crippen LogP contribution in [0.2, 0.25) is 5.02 Å². The Balaban J connectivity index is 0.000000381. The number of halogens is 4. The average Bonchev–Trinajstić information content (AvgIpc) is 2.95. The van der Waals surface area contributed by atoms with Gasteiger partial charge in [0.25, 0.3) is 0 Å². The summed E-state index contributed by atoms with van der Waals surface area (Å²) in [5, 5.41) is 20.3. The number of carboxylic acid groups (broad SMARTS) is 2. The second-order valence-corrected chi connectivity index (χ2v) is 6.06. The molecule has 5 nitrogen and oxygen atoms in total. The molecule has 2 rings (SSSR count). The van der Waals surface area contributed by atoms with Gasteiger partial charge in [0.15, 0.2) is 0 Å². The Bertz CT molecular complexity index is 595. The highest BCUT2D eigenvalue weighted by molar-refractivity contribution is 6.30. The highest BCUT2D eigenvalue weighted by Crippen LogP contribution is 2.25. The van der Waals surface area contributed by atoms with Gasteiger partial charge in [-0.3, -0.25) is 4.79 Å². The minimum absolute atomic E-state index is 0.127. The lowest BCUT2D eigenvalue weighted by molar-refractivity contribution is -0.192. The number of alkyl halides is 3. The Morgan fingerprint density at radius 2 is 1.88 bits per heavy atom. The first-order valence-electron chi connectivity index (χ1n) is 7.62. The van der Waals surface area contributed by atoms with Crippen molar-refractivity contribution in [1.29, 1.82) is 0 Å². The van der Waals surface area contributed by atoms with Crippen molar-refractivity contribution in [3.05, 3.63) is 34.9 Å². The van der Waals surface area contributed by atoms with Crippen molar-refractivity contribution < 1.29 is 33.0 Å². The number of aliphatic carboxylic acids is 2. The summed E-state index contributed by atoms with van der Waals surface area (Å²) < 4.78 is 31.7. The van der Waals surface area contributed by atoms with Gasteiger partial charge in [0, 0.05) is 11.1 Å². The number of rotatable bonds is 5. The second-order valence-electron chi connectivity index (χ2n) is 5.62. The zero-order valence-electron chi connectivity index (χ0n) is 13.2. The Labute approximate surface area is 147 Å². The molecule has 0 spiro atoms. The molecule has 0 bridgehead atoms. The van der Waals surface area contributed by atoms with Gasteiger partial charge in [-0.25, -0.2) is 4.79 Å². The molecular weight excluding hydrogens is 363 g/mol. The quantitative estimate of drug-likeness (QED) is 0.728. The highest BCUT2D eigenvalue weighted by atomic mass is 35.5. The van der Waals surface area contributed by atoms with Crippen LogP contribution in [0.15, 0.2) is 24.3 Å². The summed E-state index contributed by atoms with van der Waals surface area (Å²) in [6.45, 7) is 0.800. The van der Waals surface area contributed by atoms with Crippen LogP contribution >= 0.6 is 11.6 Å². The molecule has 1 fully saturated rings. The Morgan fingerprint density at radius 3 is 2.40 bits per heavy atom. The van der Waals surface area contributed by atoms with Crippen LogP contribution in [0.25, 0.3) is 0 Å². The van der Waals surface area contributed by atoms with Gasteiger partial charge < -0.3 is 15.5 Å². The maximum atomic E-state index is 11.0. The van der Waals surface area contributed by atoms with E-state index in [4.69, 9.17) is 26.6 Å². The summed E-state index contributed by atoms with van der Waals surface area (Å²) in [6, 6.07) is 7.91. The fourth-order valence-electron chi connectivity index (χ4n) is 2.59. The number of hydrogen-bond acceptors (Lipinski definition) is 3. The normalized spacial score (nSPS) is 19.8. The Morgan fingerprint density at radius 1 is 1.24 bits per heavy atom. The van der Waals surface area contributed by atoms with Crippen LogP contribution in [0.1, 0.15) is 24.8 Å². The van der Waals surface area contributed by atoms with E-state index >= 15 is 0 Å². The van der Waals surface area contributed by atoms with E-state index in [-0.39, 0.29) is 12.0 Å². The standard InChI is InChI=1S/C14H18ClNO2.C2HF3O2/c15-11-4-1-3-10(9-11)7-8-16-13-6-2-5-12(13)14(17)18;3-2(4,5)1(6)7/h1,3-4,9,12-13,16H,2,5-8H2,(H,17,18);(H,6,7). The first kappa shape index (κ1) is 21.2. The van der Waals surface area contributed by atoms with Crippen molar-refractivity contribution in [1.82, 2.24) is 5.32 Å². The molecule has 140 valence electrons. The predicted octanol–water partition coefficient (Wildman–Crippen LogP) is 3.36. The van der Waals surface area contributed by atoms with Crippen LogP contribution in [0, 0.1) is 5.92 Å². The summed E-state index contributed by atoms with van der Waals surface area (Å²) in [4.78, 5) is 19.9. The number of hydrogen-bond donors (Lipinski definition) is 3. The van der Waals surface area contributed by atoms with E-state index in [9.17, 15) is 18.0 Å². The largest absolute Gasteiger partial charge is 0.490 e. The van der Waals surface area contributed by atoms with Crippen LogP contribution in [-0.2, 0) is 16.0 Å². The van der Waals surface area contributed by atoms with Gasteiger partial charge in [-0.2, -0.15) is 13.2 Å². The second kappa shape index (κ2) is 9.62. The molecule has 0 aliphatic heterocycles. The van der Waals surface area contributed by atoms with Crippen molar-refractivity contribution >= 4 is 23.5 Å². The molecular formula is C16H19ClF3NO4. The van der Waals surface area contributed by atoms with Gasteiger partial charge in [-0.15, -0.1) is 0 Å². The number of carbonyl (C=O) groups is 2. The van der Waals surface area contributed by atoms with E-state index in [1.54, 1.807) is 0 Å². The molecule has 25 heavy (non-hydrogen) atoms. The van der Waals surface area contributed by atoms with Crippen LogP contribution in [0.4, 0.5) is 13.2 Å². The molecule has 9 heteroatoms. The highest BCUT2D eigenvalue weighted by Gasteiger charge is 2.38. The molecule has 0 aromatic heterocycles. The smallest absolute Gasteiger partial charge is 0.481 e. The van der Waals surface area contributed by atoms with E-state index in [1.807, 2.05) is 24.3 Å². The van der Waals surface area contributed by atoms with Gasteiger partial charge in [0.2, 0.25) is 0 Å². The molecule has 1 aliphatic carbocycles. The molecule has 1 aromatic carbocycles. The fourth-order valence-corrected chi connectivity index (χ4v) is 2.81. The lowest BCUT2D eigenvalue weighted by Gasteiger charge is -2.17. The van der Waals surface area contributed by atoms with E-state index in [0.717, 1.165) is 37.3 Å². The van der Waals surface area contributed by atoms with Gasteiger partial charge in [0.05, 0.1) is 5.92 Å². The van der Waals surface area contributed by atoms with Crippen LogP contribution in [-0.4, -0.2) is 40.9 Å². The average molecular weight is 382 g/mol. The van der Waals surface area contributed by atoms with Crippen LogP contribution < -0.4 is 5.32 Å². The summed E-state index contributed by atoms with van der Waals surface area (Å²) >= 11 is 5.92. The molecule has 0 radical (unpaired) electrons. The summed E-state index contributed by atoms with van der Waals surface area (Å²) in [7, 11) is 0. The monoisotopic (exact) mass is 381 g/mol. The molecule has 1 aromatic rings. The topological polar surface area (TPSA) is 86.6 Å². The van der Waals surface area contributed by atoms with Crippen molar-refractivity contribution in [2.75, 3.05) is 6.54 Å². The molecule has 0 amide bonds. The van der Waals surface area contributed by atoms with Crippen LogP contribution in [0.3, 0.4) is 0 Å².